The molecule has 0 N–H and O–H groups in total. The van der Waals surface area contributed by atoms with E-state index in [0.717, 1.165) is 12.8 Å². The van der Waals surface area contributed by atoms with Gasteiger partial charge in [0.2, 0.25) is 5.91 Å². The second kappa shape index (κ2) is 3.59. The molecule has 2 nitrogen and oxygen atoms in total. The highest BCUT2D eigenvalue weighted by atomic mass is 16.1. The standard InChI is InChI=1S/C8H13NO/c1-7(10)9-8-5-3-2-4-6-8/h5,8H,2-4,6H2,1H3. The Balaban J connectivity index is 2.19. The molecule has 1 atom stereocenters. The first-order valence-corrected chi connectivity index (χ1v) is 3.84. The first-order chi connectivity index (χ1) is 4.79. The maximum Gasteiger partial charge on any atom is 0.238 e. The van der Waals surface area contributed by atoms with E-state index in [-0.39, 0.29) is 11.9 Å². The van der Waals surface area contributed by atoms with Crippen LogP contribution in [0.25, 0.3) is 0 Å². The van der Waals surface area contributed by atoms with Gasteiger partial charge in [-0.15, -0.1) is 0 Å². The number of carbonyl (C=O) groups is 1. The summed E-state index contributed by atoms with van der Waals surface area (Å²) in [5.41, 5.74) is 0. The Kier molecular flexibility index (Phi) is 2.72. The van der Waals surface area contributed by atoms with Crippen LogP contribution in [0.4, 0.5) is 0 Å². The van der Waals surface area contributed by atoms with Crippen molar-refractivity contribution in [3.8, 4) is 0 Å². The Morgan fingerprint density at radius 2 is 2.40 bits per heavy atom. The molecule has 0 spiro atoms. The molecule has 0 bridgehead atoms. The second-order valence-corrected chi connectivity index (χ2v) is 2.74. The molecule has 0 aromatic carbocycles. The highest BCUT2D eigenvalue weighted by Crippen LogP contribution is 2.16. The molecule has 10 heavy (non-hydrogen) atoms. The quantitative estimate of drug-likeness (QED) is 0.538. The molecule has 1 aliphatic rings. The molecule has 0 aromatic heterocycles. The third-order valence-electron chi connectivity index (χ3n) is 1.74. The summed E-state index contributed by atoms with van der Waals surface area (Å²) in [4.78, 5) is 10.5. The molecular formula is C8H13NO. The van der Waals surface area contributed by atoms with Crippen LogP contribution in [0.1, 0.15) is 32.6 Å². The Hall–Kier alpha value is -0.530. The van der Waals surface area contributed by atoms with E-state index in [1.807, 2.05) is 0 Å². The predicted octanol–water partition coefficient (Wildman–Crippen LogP) is 1.28. The van der Waals surface area contributed by atoms with Crippen molar-refractivity contribution in [2.45, 2.75) is 38.6 Å². The van der Waals surface area contributed by atoms with Gasteiger partial charge < -0.3 is 0 Å². The largest absolute Gasteiger partial charge is 0.273 e. The summed E-state index contributed by atoms with van der Waals surface area (Å²) in [6.07, 6.45) is 6.83. The van der Waals surface area contributed by atoms with Crippen molar-refractivity contribution in [2.24, 2.45) is 0 Å². The first-order valence-electron chi connectivity index (χ1n) is 3.84. The molecule has 1 fully saturated rings. The topological polar surface area (TPSA) is 31.2 Å². The molecular weight excluding hydrogens is 126 g/mol. The van der Waals surface area contributed by atoms with Gasteiger partial charge in [0.1, 0.15) is 0 Å². The Labute approximate surface area is 62.0 Å². The summed E-state index contributed by atoms with van der Waals surface area (Å²) in [5, 5.41) is 3.94. The average molecular weight is 139 g/mol. The zero-order valence-electron chi connectivity index (χ0n) is 6.34. The molecule has 0 saturated heterocycles. The molecule has 56 valence electrons. The van der Waals surface area contributed by atoms with Crippen molar-refractivity contribution in [1.82, 2.24) is 5.32 Å². The van der Waals surface area contributed by atoms with Crippen LogP contribution in [0.2, 0.25) is 0 Å². The molecule has 0 aromatic rings. The van der Waals surface area contributed by atoms with Crippen molar-refractivity contribution in [3.63, 3.8) is 0 Å². The van der Waals surface area contributed by atoms with Crippen LogP contribution >= 0.6 is 0 Å². The average Bonchev–Trinajstić information content (AvgIpc) is 1.88. The monoisotopic (exact) mass is 139 g/mol. The van der Waals surface area contributed by atoms with Crippen LogP contribution in [0.15, 0.2) is 0 Å². The molecule has 1 aliphatic carbocycles. The molecule has 0 aliphatic heterocycles. The number of hydrogen-bond acceptors (Lipinski definition) is 1. The van der Waals surface area contributed by atoms with E-state index in [9.17, 15) is 4.79 Å². The van der Waals surface area contributed by atoms with E-state index in [1.54, 1.807) is 0 Å². The lowest BCUT2D eigenvalue weighted by Gasteiger charge is -2.18. The summed E-state index contributed by atoms with van der Waals surface area (Å²) in [5.74, 6) is -0.0387. The van der Waals surface area contributed by atoms with Crippen molar-refractivity contribution in [1.29, 1.82) is 0 Å². The van der Waals surface area contributed by atoms with Gasteiger partial charge in [0, 0.05) is 6.92 Å². The highest BCUT2D eigenvalue weighted by Gasteiger charge is 2.15. The van der Waals surface area contributed by atoms with E-state index >= 15 is 0 Å². The Bertz CT molecular complexity index is 116. The van der Waals surface area contributed by atoms with E-state index in [2.05, 4.69) is 11.7 Å². The minimum absolute atomic E-state index is 0.0387. The smallest absolute Gasteiger partial charge is 0.238 e. The maximum absolute atomic E-state index is 10.5. The van der Waals surface area contributed by atoms with Crippen LogP contribution in [-0.2, 0) is 4.79 Å². The van der Waals surface area contributed by atoms with Gasteiger partial charge >= 0.3 is 0 Å². The number of amides is 1. The van der Waals surface area contributed by atoms with Gasteiger partial charge in [-0.2, -0.15) is 0 Å². The fraction of sp³-hybridized carbons (Fsp3) is 0.750. The van der Waals surface area contributed by atoms with Gasteiger partial charge in [-0.1, -0.05) is 12.8 Å². The molecule has 2 radical (unpaired) electrons. The molecule has 1 saturated carbocycles. The fourth-order valence-corrected chi connectivity index (χ4v) is 1.28. The minimum atomic E-state index is -0.0387. The summed E-state index contributed by atoms with van der Waals surface area (Å²) >= 11 is 0. The maximum atomic E-state index is 10.5. The highest BCUT2D eigenvalue weighted by molar-refractivity contribution is 5.73. The zero-order valence-corrected chi connectivity index (χ0v) is 6.34. The number of nitrogens with zero attached hydrogens (tertiary/aromatic N) is 1. The van der Waals surface area contributed by atoms with Crippen LogP contribution < -0.4 is 5.32 Å². The van der Waals surface area contributed by atoms with Crippen molar-refractivity contribution in [3.05, 3.63) is 6.42 Å². The molecule has 2 heteroatoms. The van der Waals surface area contributed by atoms with Gasteiger partial charge in [0.05, 0.1) is 6.04 Å². The van der Waals surface area contributed by atoms with Gasteiger partial charge in [-0.3, -0.25) is 4.79 Å². The van der Waals surface area contributed by atoms with Crippen LogP contribution in [0, 0.1) is 6.42 Å². The van der Waals surface area contributed by atoms with Crippen molar-refractivity contribution >= 4 is 5.91 Å². The fourth-order valence-electron chi connectivity index (χ4n) is 1.28. The van der Waals surface area contributed by atoms with Gasteiger partial charge in [0.25, 0.3) is 0 Å². The predicted molar refractivity (Wildman–Crippen MR) is 39.4 cm³/mol. The summed E-state index contributed by atoms with van der Waals surface area (Å²) in [6.45, 7) is 1.52. The van der Waals surface area contributed by atoms with Gasteiger partial charge in [-0.05, 0) is 19.3 Å². The summed E-state index contributed by atoms with van der Waals surface area (Å²) in [7, 11) is 0. The second-order valence-electron chi connectivity index (χ2n) is 2.74. The summed E-state index contributed by atoms with van der Waals surface area (Å²) in [6, 6.07) is 0.228. The van der Waals surface area contributed by atoms with E-state index in [4.69, 9.17) is 0 Å². The van der Waals surface area contributed by atoms with Crippen LogP contribution in [0.5, 0.6) is 0 Å². The Morgan fingerprint density at radius 1 is 1.60 bits per heavy atom. The lowest BCUT2D eigenvalue weighted by atomic mass is 9.95. The lowest BCUT2D eigenvalue weighted by Crippen LogP contribution is -2.28. The molecule has 1 amide bonds. The van der Waals surface area contributed by atoms with Gasteiger partial charge in [0.15, 0.2) is 0 Å². The summed E-state index contributed by atoms with van der Waals surface area (Å²) < 4.78 is 0. The van der Waals surface area contributed by atoms with E-state index in [0.29, 0.717) is 0 Å². The first kappa shape index (κ1) is 7.58. The normalized spacial score (nSPS) is 20.5. The van der Waals surface area contributed by atoms with Crippen molar-refractivity contribution in [2.75, 3.05) is 0 Å². The third-order valence-corrected chi connectivity index (χ3v) is 1.74. The number of hydrogen-bond donors (Lipinski definition) is 0. The lowest BCUT2D eigenvalue weighted by molar-refractivity contribution is -0.119. The van der Waals surface area contributed by atoms with E-state index < -0.39 is 0 Å². The Morgan fingerprint density at radius 3 is 2.90 bits per heavy atom. The van der Waals surface area contributed by atoms with Gasteiger partial charge in [-0.25, -0.2) is 5.32 Å². The molecule has 1 unspecified atom stereocenters. The molecule has 1 rings (SSSR count). The number of carbonyl (C=O) groups excluding carboxylic acids is 1. The third kappa shape index (κ3) is 2.38. The zero-order chi connectivity index (χ0) is 7.40. The molecule has 0 heterocycles. The van der Waals surface area contributed by atoms with E-state index in [1.165, 1.54) is 19.8 Å². The number of rotatable bonds is 1. The van der Waals surface area contributed by atoms with Crippen LogP contribution in [0.3, 0.4) is 0 Å². The van der Waals surface area contributed by atoms with Crippen LogP contribution in [-0.4, -0.2) is 11.9 Å². The minimum Gasteiger partial charge on any atom is -0.273 e. The SMILES string of the molecule is CC(=O)[N]C1[CH]CCCC1. The van der Waals surface area contributed by atoms with Crippen molar-refractivity contribution < 1.29 is 4.79 Å².